The summed E-state index contributed by atoms with van der Waals surface area (Å²) in [7, 11) is 0. The first-order valence-corrected chi connectivity index (χ1v) is 3.80. The van der Waals surface area contributed by atoms with Crippen molar-refractivity contribution in [3.8, 4) is 0 Å². The van der Waals surface area contributed by atoms with Gasteiger partial charge in [-0.1, -0.05) is 27.7 Å². The van der Waals surface area contributed by atoms with E-state index >= 15 is 0 Å². The van der Waals surface area contributed by atoms with Crippen LogP contribution in [0.5, 0.6) is 0 Å². The summed E-state index contributed by atoms with van der Waals surface area (Å²) >= 11 is 0. The molecule has 0 aromatic carbocycles. The van der Waals surface area contributed by atoms with E-state index in [4.69, 9.17) is 0 Å². The molecule has 0 bridgehead atoms. The largest absolute Gasteiger partial charge is 2.00 e. The van der Waals surface area contributed by atoms with Gasteiger partial charge in [-0.15, -0.1) is 11.8 Å². The Morgan fingerprint density at radius 2 is 1.09 bits per heavy atom. The van der Waals surface area contributed by atoms with Gasteiger partial charge in [0.15, 0.2) is 0 Å². The van der Waals surface area contributed by atoms with E-state index in [0.29, 0.717) is 11.8 Å². The summed E-state index contributed by atoms with van der Waals surface area (Å²) in [5, 5.41) is 0. The maximum Gasteiger partial charge on any atom is 2.00 e. The smallest absolute Gasteiger partial charge is 0.390 e. The van der Waals surface area contributed by atoms with Crippen LogP contribution in [0.3, 0.4) is 0 Å². The van der Waals surface area contributed by atoms with E-state index in [9.17, 15) is 0 Å². The summed E-state index contributed by atoms with van der Waals surface area (Å²) in [6, 6.07) is 0. The molecule has 0 aliphatic rings. The van der Waals surface area contributed by atoms with Crippen LogP contribution in [0.2, 0.25) is 0 Å². The van der Waals surface area contributed by atoms with E-state index in [1.807, 2.05) is 12.2 Å². The van der Waals surface area contributed by atoms with Gasteiger partial charge in [-0.25, -0.2) is 0 Å². The van der Waals surface area contributed by atoms with Crippen LogP contribution in [0.1, 0.15) is 27.7 Å². The van der Waals surface area contributed by atoms with Crippen molar-refractivity contribution in [2.45, 2.75) is 27.7 Å². The molecule has 0 atom stereocenters. The summed E-state index contributed by atoms with van der Waals surface area (Å²) in [4.78, 5) is 0. The van der Waals surface area contributed by atoms with E-state index in [2.05, 4.69) is 39.8 Å². The number of allylic oxidation sites excluding steroid dienone is 4. The summed E-state index contributed by atoms with van der Waals surface area (Å²) < 4.78 is 0. The molecule has 0 nitrogen and oxygen atoms in total. The van der Waals surface area contributed by atoms with Gasteiger partial charge >= 0.3 is 18.6 Å². The third-order valence-corrected chi connectivity index (χ3v) is 0.942. The van der Waals surface area contributed by atoms with Gasteiger partial charge in [-0.05, 0) is 0 Å². The minimum Gasteiger partial charge on any atom is -0.390 e. The van der Waals surface area contributed by atoms with Gasteiger partial charge < -0.3 is 24.3 Å². The first kappa shape index (κ1) is 13.6. The Hall–Kier alpha value is 0.0644. The van der Waals surface area contributed by atoms with Gasteiger partial charge in [-0.3, -0.25) is 0 Å². The van der Waals surface area contributed by atoms with Crippen molar-refractivity contribution in [2.24, 2.45) is 11.8 Å². The third-order valence-electron chi connectivity index (χ3n) is 0.942. The SMILES string of the molecule is CC(C)[C-]=CC=[C-]C(C)C.[V+2]. The molecule has 1 radical (unpaired) electrons. The van der Waals surface area contributed by atoms with Crippen LogP contribution >= 0.6 is 0 Å². The Morgan fingerprint density at radius 1 is 0.818 bits per heavy atom. The molecule has 0 heterocycles. The first-order valence-electron chi connectivity index (χ1n) is 3.80. The average Bonchev–Trinajstić information content (AvgIpc) is 1.79. The standard InChI is InChI=1S/C10H16.V/c1-9(2)7-5-6-8-10(3)4;/h5-6,9-10H,1-4H3;/q-2;+2. The molecule has 61 valence electrons. The molecule has 0 amide bonds. The van der Waals surface area contributed by atoms with Crippen LogP contribution in [0.25, 0.3) is 0 Å². The van der Waals surface area contributed by atoms with Gasteiger partial charge in [0.25, 0.3) is 0 Å². The molecule has 0 N–H and O–H groups in total. The molecule has 0 aromatic heterocycles. The van der Waals surface area contributed by atoms with Gasteiger partial charge in [-0.2, -0.15) is 0 Å². The quantitative estimate of drug-likeness (QED) is 0.470. The average molecular weight is 187 g/mol. The summed E-state index contributed by atoms with van der Waals surface area (Å²) in [6.45, 7) is 8.44. The predicted octanol–water partition coefficient (Wildman–Crippen LogP) is 3.01. The molecule has 0 unspecified atom stereocenters. The molecule has 0 saturated heterocycles. The Morgan fingerprint density at radius 3 is 1.27 bits per heavy atom. The fraction of sp³-hybridized carbons (Fsp3) is 0.600. The van der Waals surface area contributed by atoms with Crippen molar-refractivity contribution in [2.75, 3.05) is 0 Å². The van der Waals surface area contributed by atoms with E-state index in [1.165, 1.54) is 0 Å². The van der Waals surface area contributed by atoms with Crippen molar-refractivity contribution in [3.63, 3.8) is 0 Å². The minimum absolute atomic E-state index is 0. The maximum absolute atomic E-state index is 3.16. The topological polar surface area (TPSA) is 0 Å². The van der Waals surface area contributed by atoms with Crippen LogP contribution in [-0.2, 0) is 18.6 Å². The summed E-state index contributed by atoms with van der Waals surface area (Å²) in [5.41, 5.74) is 0. The number of rotatable bonds is 3. The zero-order chi connectivity index (χ0) is 7.98. The Bertz CT molecular complexity index is 105. The van der Waals surface area contributed by atoms with Crippen molar-refractivity contribution in [1.82, 2.24) is 0 Å². The van der Waals surface area contributed by atoms with Crippen LogP contribution in [0, 0.1) is 24.0 Å². The monoisotopic (exact) mass is 187 g/mol. The van der Waals surface area contributed by atoms with Crippen LogP contribution in [-0.4, -0.2) is 0 Å². The second-order valence-corrected chi connectivity index (χ2v) is 2.98. The van der Waals surface area contributed by atoms with Gasteiger partial charge in [0, 0.05) is 0 Å². The van der Waals surface area contributed by atoms with Crippen LogP contribution in [0.15, 0.2) is 12.2 Å². The van der Waals surface area contributed by atoms with Gasteiger partial charge in [0.05, 0.1) is 0 Å². The second kappa shape index (κ2) is 8.16. The fourth-order valence-corrected chi connectivity index (χ4v) is 0.481. The molecule has 0 fully saturated rings. The molecular formula is C10H16V. The molecule has 11 heavy (non-hydrogen) atoms. The van der Waals surface area contributed by atoms with Crippen molar-refractivity contribution < 1.29 is 18.6 Å². The number of hydrogen-bond donors (Lipinski definition) is 0. The van der Waals surface area contributed by atoms with Crippen molar-refractivity contribution in [3.05, 3.63) is 24.3 Å². The first-order chi connectivity index (χ1) is 4.63. The van der Waals surface area contributed by atoms with E-state index < -0.39 is 0 Å². The predicted molar refractivity (Wildman–Crippen MR) is 45.3 cm³/mol. The molecule has 0 rings (SSSR count). The Kier molecular flexibility index (Phi) is 10.1. The van der Waals surface area contributed by atoms with Gasteiger partial charge in [0.1, 0.15) is 0 Å². The molecule has 1 heteroatoms. The summed E-state index contributed by atoms with van der Waals surface area (Å²) in [6.07, 6.45) is 10.2. The third kappa shape index (κ3) is 13.1. The fourth-order valence-electron chi connectivity index (χ4n) is 0.481. The maximum atomic E-state index is 3.16. The summed E-state index contributed by atoms with van der Waals surface area (Å²) in [5.74, 6) is 1.04. The van der Waals surface area contributed by atoms with Gasteiger partial charge in [0.2, 0.25) is 0 Å². The molecule has 0 aliphatic carbocycles. The molecular weight excluding hydrogens is 171 g/mol. The van der Waals surface area contributed by atoms with Crippen LogP contribution in [0.4, 0.5) is 0 Å². The van der Waals surface area contributed by atoms with Crippen LogP contribution < -0.4 is 0 Å². The molecule has 0 saturated carbocycles. The Labute approximate surface area is 82.7 Å². The van der Waals surface area contributed by atoms with Crippen molar-refractivity contribution >= 4 is 0 Å². The molecule has 0 aliphatic heterocycles. The zero-order valence-electron chi connectivity index (χ0n) is 7.76. The van der Waals surface area contributed by atoms with Crippen molar-refractivity contribution in [1.29, 1.82) is 0 Å². The van der Waals surface area contributed by atoms with E-state index in [1.54, 1.807) is 0 Å². The van der Waals surface area contributed by atoms with E-state index in [-0.39, 0.29) is 18.6 Å². The van der Waals surface area contributed by atoms with E-state index in [0.717, 1.165) is 0 Å². The normalized spacial score (nSPS) is 11.8. The number of hydrogen-bond acceptors (Lipinski definition) is 0. The second-order valence-electron chi connectivity index (χ2n) is 2.98. The zero-order valence-corrected chi connectivity index (χ0v) is 9.15. The minimum atomic E-state index is 0. The molecule has 0 spiro atoms. The Balaban J connectivity index is 0. The molecule has 0 aromatic rings.